The number of hydrogen-bond acceptors (Lipinski definition) is 5. The lowest BCUT2D eigenvalue weighted by Gasteiger charge is -2.28. The zero-order chi connectivity index (χ0) is 23.5. The van der Waals surface area contributed by atoms with Crippen molar-refractivity contribution >= 4 is 45.0 Å². The van der Waals surface area contributed by atoms with Gasteiger partial charge in [-0.25, -0.2) is 8.42 Å². The van der Waals surface area contributed by atoms with Crippen LogP contribution < -0.4 is 10.2 Å². The lowest BCUT2D eigenvalue weighted by molar-refractivity contribution is -0.117. The molecular formula is C23H29N3O4S2. The van der Waals surface area contributed by atoms with Crippen LogP contribution in [0.25, 0.3) is 0 Å². The largest absolute Gasteiger partial charge is 0.326 e. The van der Waals surface area contributed by atoms with Crippen molar-refractivity contribution in [1.82, 2.24) is 4.31 Å². The van der Waals surface area contributed by atoms with Crippen molar-refractivity contribution in [1.29, 1.82) is 0 Å². The van der Waals surface area contributed by atoms with Crippen molar-refractivity contribution in [3.8, 4) is 0 Å². The van der Waals surface area contributed by atoms with Gasteiger partial charge >= 0.3 is 0 Å². The first-order chi connectivity index (χ1) is 15.2. The van der Waals surface area contributed by atoms with Crippen LogP contribution in [-0.4, -0.2) is 49.9 Å². The van der Waals surface area contributed by atoms with Gasteiger partial charge in [-0.2, -0.15) is 4.31 Å². The zero-order valence-corrected chi connectivity index (χ0v) is 20.5. The highest BCUT2D eigenvalue weighted by atomic mass is 32.2. The second kappa shape index (κ2) is 10.1. The van der Waals surface area contributed by atoms with Gasteiger partial charge in [-0.15, -0.1) is 11.8 Å². The molecule has 0 aromatic heterocycles. The van der Waals surface area contributed by atoms with E-state index in [4.69, 9.17) is 0 Å². The Morgan fingerprint density at radius 1 is 1.16 bits per heavy atom. The molecular weight excluding hydrogens is 446 g/mol. The highest BCUT2D eigenvalue weighted by molar-refractivity contribution is 8.00. The van der Waals surface area contributed by atoms with Crippen LogP contribution in [0, 0.1) is 13.8 Å². The van der Waals surface area contributed by atoms with Crippen molar-refractivity contribution in [3.63, 3.8) is 0 Å². The van der Waals surface area contributed by atoms with Gasteiger partial charge in [0.2, 0.25) is 21.8 Å². The monoisotopic (exact) mass is 475 g/mol. The SMILES string of the molecule is CCN(CC)S(=O)(=O)c1cc(C)c(C)c(NC(=O)CCN2C(=O)CSc3ccccc32)c1. The molecule has 0 saturated heterocycles. The number of para-hydroxylation sites is 1. The van der Waals surface area contributed by atoms with E-state index in [2.05, 4.69) is 5.32 Å². The zero-order valence-electron chi connectivity index (χ0n) is 18.8. The number of fused-ring (bicyclic) bond motifs is 1. The standard InChI is InChI=1S/C23H29N3O4S2/c1-5-25(6-2)32(29,30)18-13-16(3)17(4)19(14-18)24-22(27)11-12-26-20-9-7-8-10-21(20)31-15-23(26)28/h7-10,13-14H,5-6,11-12,15H2,1-4H3,(H,24,27). The van der Waals surface area contributed by atoms with Gasteiger partial charge in [0.25, 0.3) is 0 Å². The number of nitrogens with one attached hydrogen (secondary N) is 1. The van der Waals surface area contributed by atoms with E-state index < -0.39 is 10.0 Å². The third-order valence-electron chi connectivity index (χ3n) is 5.63. The Balaban J connectivity index is 1.77. The summed E-state index contributed by atoms with van der Waals surface area (Å²) in [6.07, 6.45) is 0.107. The molecule has 0 spiro atoms. The highest BCUT2D eigenvalue weighted by Crippen LogP contribution is 2.35. The first kappa shape index (κ1) is 24.3. The number of hydrogen-bond donors (Lipinski definition) is 1. The van der Waals surface area contributed by atoms with Gasteiger partial charge in [-0.05, 0) is 49.2 Å². The van der Waals surface area contributed by atoms with Gasteiger partial charge in [0.1, 0.15) is 0 Å². The Bertz CT molecular complexity index is 1130. The number of nitrogens with zero attached hydrogens (tertiary/aromatic N) is 2. The topological polar surface area (TPSA) is 86.8 Å². The third-order valence-corrected chi connectivity index (χ3v) is 8.70. The maximum absolute atomic E-state index is 12.9. The van der Waals surface area contributed by atoms with E-state index in [1.54, 1.807) is 24.8 Å². The molecule has 2 aromatic rings. The maximum Gasteiger partial charge on any atom is 0.243 e. The Morgan fingerprint density at radius 3 is 2.53 bits per heavy atom. The molecule has 1 aliphatic rings. The minimum Gasteiger partial charge on any atom is -0.326 e. The van der Waals surface area contributed by atoms with E-state index in [0.717, 1.165) is 21.7 Å². The van der Waals surface area contributed by atoms with Crippen LogP contribution in [0.2, 0.25) is 0 Å². The van der Waals surface area contributed by atoms with E-state index in [9.17, 15) is 18.0 Å². The van der Waals surface area contributed by atoms with Crippen molar-refractivity contribution in [2.75, 3.05) is 35.6 Å². The van der Waals surface area contributed by atoms with Crippen LogP contribution in [-0.2, 0) is 19.6 Å². The van der Waals surface area contributed by atoms with Crippen molar-refractivity contribution in [3.05, 3.63) is 47.5 Å². The molecule has 0 fully saturated rings. The van der Waals surface area contributed by atoms with Crippen LogP contribution in [0.4, 0.5) is 11.4 Å². The Morgan fingerprint density at radius 2 is 1.84 bits per heavy atom. The smallest absolute Gasteiger partial charge is 0.243 e. The average Bonchev–Trinajstić information content (AvgIpc) is 2.76. The molecule has 3 rings (SSSR count). The molecule has 0 bridgehead atoms. The van der Waals surface area contributed by atoms with E-state index >= 15 is 0 Å². The summed E-state index contributed by atoms with van der Waals surface area (Å²) in [7, 11) is -3.64. The minimum absolute atomic E-state index is 0.0270. The fourth-order valence-electron chi connectivity index (χ4n) is 3.64. The van der Waals surface area contributed by atoms with E-state index in [1.807, 2.05) is 38.1 Å². The summed E-state index contributed by atoms with van der Waals surface area (Å²) in [4.78, 5) is 28.0. The Labute approximate surface area is 194 Å². The van der Waals surface area contributed by atoms with Gasteiger partial charge in [-0.3, -0.25) is 9.59 Å². The summed E-state index contributed by atoms with van der Waals surface area (Å²) in [6.45, 7) is 8.27. The molecule has 2 amide bonds. The number of rotatable bonds is 8. The van der Waals surface area contributed by atoms with Crippen LogP contribution in [0.5, 0.6) is 0 Å². The average molecular weight is 476 g/mol. The van der Waals surface area contributed by atoms with Crippen molar-refractivity contribution in [2.24, 2.45) is 0 Å². The number of amides is 2. The van der Waals surface area contributed by atoms with Gasteiger partial charge in [0, 0.05) is 36.6 Å². The number of benzene rings is 2. The number of carbonyl (C=O) groups is 2. The first-order valence-electron chi connectivity index (χ1n) is 10.6. The predicted molar refractivity (Wildman–Crippen MR) is 129 cm³/mol. The molecule has 0 unspecified atom stereocenters. The van der Waals surface area contributed by atoms with Crippen LogP contribution in [0.3, 0.4) is 0 Å². The summed E-state index contributed by atoms with van der Waals surface area (Å²) in [5.74, 6) is 0.0524. The molecule has 1 N–H and O–H groups in total. The molecule has 1 aliphatic heterocycles. The Hall–Kier alpha value is -2.36. The molecule has 9 heteroatoms. The lowest BCUT2D eigenvalue weighted by atomic mass is 10.1. The van der Waals surface area contributed by atoms with Gasteiger partial charge in [0.15, 0.2) is 0 Å². The lowest BCUT2D eigenvalue weighted by Crippen LogP contribution is -2.37. The molecule has 0 radical (unpaired) electrons. The fourth-order valence-corrected chi connectivity index (χ4v) is 6.15. The van der Waals surface area contributed by atoms with Crippen LogP contribution in [0.15, 0.2) is 46.2 Å². The summed E-state index contributed by atoms with van der Waals surface area (Å²) < 4.78 is 27.3. The molecule has 32 heavy (non-hydrogen) atoms. The second-order valence-corrected chi connectivity index (χ2v) is 10.6. The second-order valence-electron chi connectivity index (χ2n) is 7.60. The van der Waals surface area contributed by atoms with E-state index in [-0.39, 0.29) is 29.7 Å². The molecule has 2 aromatic carbocycles. The van der Waals surface area contributed by atoms with Crippen molar-refractivity contribution in [2.45, 2.75) is 43.9 Å². The quantitative estimate of drug-likeness (QED) is 0.628. The van der Waals surface area contributed by atoms with Crippen LogP contribution in [0.1, 0.15) is 31.4 Å². The minimum atomic E-state index is -3.64. The molecule has 7 nitrogen and oxygen atoms in total. The number of anilines is 2. The summed E-state index contributed by atoms with van der Waals surface area (Å²) >= 11 is 1.50. The summed E-state index contributed by atoms with van der Waals surface area (Å²) in [5, 5.41) is 2.85. The number of sulfonamides is 1. The highest BCUT2D eigenvalue weighted by Gasteiger charge is 2.26. The summed E-state index contributed by atoms with van der Waals surface area (Å²) in [5.41, 5.74) is 2.89. The first-order valence-corrected chi connectivity index (χ1v) is 13.0. The van der Waals surface area contributed by atoms with E-state index in [1.165, 1.54) is 22.1 Å². The van der Waals surface area contributed by atoms with Gasteiger partial charge < -0.3 is 10.2 Å². The number of thioether (sulfide) groups is 1. The van der Waals surface area contributed by atoms with Crippen LogP contribution >= 0.6 is 11.8 Å². The van der Waals surface area contributed by atoms with E-state index in [0.29, 0.717) is 24.5 Å². The molecule has 0 atom stereocenters. The predicted octanol–water partition coefficient (Wildman–Crippen LogP) is 3.80. The number of carbonyl (C=O) groups excluding carboxylic acids is 2. The normalized spacial score (nSPS) is 13.9. The number of aryl methyl sites for hydroxylation is 1. The molecule has 0 aliphatic carbocycles. The van der Waals surface area contributed by atoms with Gasteiger partial charge in [-0.1, -0.05) is 26.0 Å². The van der Waals surface area contributed by atoms with Gasteiger partial charge in [0.05, 0.1) is 16.3 Å². The summed E-state index contributed by atoms with van der Waals surface area (Å²) in [6, 6.07) is 10.8. The molecule has 172 valence electrons. The fraction of sp³-hybridized carbons (Fsp3) is 0.391. The molecule has 0 saturated carbocycles. The Kier molecular flexibility index (Phi) is 7.63. The third kappa shape index (κ3) is 5.00. The molecule has 1 heterocycles. The van der Waals surface area contributed by atoms with Crippen molar-refractivity contribution < 1.29 is 18.0 Å². The maximum atomic E-state index is 12.9.